The van der Waals surface area contributed by atoms with Crippen LogP contribution in [0.1, 0.15) is 26.5 Å². The third kappa shape index (κ3) is 6.43. The predicted molar refractivity (Wildman–Crippen MR) is 77.4 cm³/mol. The molecular weight excluding hydrogens is 303 g/mol. The Hall–Kier alpha value is -1.15. The second-order valence-corrected chi connectivity index (χ2v) is 6.21. The Morgan fingerprint density at radius 3 is 2.52 bits per heavy atom. The molecule has 0 bridgehead atoms. The van der Waals surface area contributed by atoms with Crippen LogP contribution in [0.25, 0.3) is 0 Å². The monoisotopic (exact) mass is 323 g/mol. The lowest BCUT2D eigenvalue weighted by Crippen LogP contribution is -2.36. The third-order valence-corrected chi connectivity index (χ3v) is 3.68. The molecule has 21 heavy (non-hydrogen) atoms. The molecule has 0 N–H and O–H groups in total. The Balaban J connectivity index is 2.76. The first-order valence-corrected chi connectivity index (χ1v) is 7.44. The van der Waals surface area contributed by atoms with Gasteiger partial charge in [0.2, 0.25) is 5.91 Å². The van der Waals surface area contributed by atoms with E-state index in [0.29, 0.717) is 17.4 Å². The van der Waals surface area contributed by atoms with Crippen LogP contribution in [0.4, 0.5) is 18.3 Å². The summed E-state index contributed by atoms with van der Waals surface area (Å²) in [4.78, 5) is 18.2. The maximum Gasteiger partial charge on any atom is 0.401 e. The maximum atomic E-state index is 12.6. The lowest BCUT2D eigenvalue weighted by molar-refractivity contribution is -0.148. The number of thiazole rings is 1. The normalized spacial score (nSPS) is 12.2. The largest absolute Gasteiger partial charge is 0.401 e. The van der Waals surface area contributed by atoms with E-state index in [1.165, 1.54) is 28.1 Å². The molecule has 0 aliphatic heterocycles. The van der Waals surface area contributed by atoms with Crippen LogP contribution >= 0.6 is 11.3 Å². The van der Waals surface area contributed by atoms with Gasteiger partial charge in [0.15, 0.2) is 5.13 Å². The number of carbonyl (C=O) groups is 1. The second kappa shape index (κ2) is 7.22. The zero-order valence-corrected chi connectivity index (χ0v) is 13.4. The van der Waals surface area contributed by atoms with Crippen LogP contribution in [0.5, 0.6) is 0 Å². The molecule has 0 radical (unpaired) electrons. The van der Waals surface area contributed by atoms with Crippen molar-refractivity contribution >= 4 is 22.4 Å². The Morgan fingerprint density at radius 1 is 1.43 bits per heavy atom. The fourth-order valence-corrected chi connectivity index (χ4v) is 2.67. The molecule has 0 aromatic carbocycles. The third-order valence-electron chi connectivity index (χ3n) is 2.71. The van der Waals surface area contributed by atoms with Gasteiger partial charge in [-0.25, -0.2) is 4.98 Å². The van der Waals surface area contributed by atoms with Crippen LogP contribution in [0, 0.1) is 5.92 Å². The molecule has 0 atom stereocenters. The summed E-state index contributed by atoms with van der Waals surface area (Å²) < 4.78 is 37.8. The van der Waals surface area contributed by atoms with Gasteiger partial charge in [-0.1, -0.05) is 13.8 Å². The number of alkyl halides is 3. The van der Waals surface area contributed by atoms with Gasteiger partial charge < -0.3 is 0 Å². The van der Waals surface area contributed by atoms with E-state index >= 15 is 0 Å². The Bertz CT molecular complexity index is 473. The molecule has 4 nitrogen and oxygen atoms in total. The number of aromatic nitrogens is 1. The van der Waals surface area contributed by atoms with Gasteiger partial charge >= 0.3 is 6.18 Å². The minimum atomic E-state index is -4.23. The van der Waals surface area contributed by atoms with Crippen molar-refractivity contribution in [3.8, 4) is 0 Å². The van der Waals surface area contributed by atoms with E-state index in [1.807, 2.05) is 13.8 Å². The molecule has 1 amide bonds. The number of nitrogens with zero attached hydrogens (tertiary/aromatic N) is 3. The highest BCUT2D eigenvalue weighted by atomic mass is 32.1. The van der Waals surface area contributed by atoms with Gasteiger partial charge in [0.25, 0.3) is 0 Å². The van der Waals surface area contributed by atoms with Gasteiger partial charge in [0.1, 0.15) is 0 Å². The lowest BCUT2D eigenvalue weighted by Gasteiger charge is -2.24. The van der Waals surface area contributed by atoms with E-state index in [9.17, 15) is 18.0 Å². The number of amides is 1. The molecular formula is C13H20F3N3OS. The first kappa shape index (κ1) is 17.9. The van der Waals surface area contributed by atoms with Crippen molar-refractivity contribution in [2.75, 3.05) is 25.0 Å². The molecule has 0 saturated carbocycles. The highest BCUT2D eigenvalue weighted by molar-refractivity contribution is 7.14. The lowest BCUT2D eigenvalue weighted by atomic mass is 10.2. The smallest absolute Gasteiger partial charge is 0.292 e. The van der Waals surface area contributed by atoms with Gasteiger partial charge in [-0.05, 0) is 5.92 Å². The maximum absolute atomic E-state index is 12.6. The minimum Gasteiger partial charge on any atom is -0.292 e. The SMILES string of the molecule is CC(=O)N(C)c1nc(CN(CC(C)C)CC(F)(F)F)cs1. The average molecular weight is 323 g/mol. The van der Waals surface area contributed by atoms with Crippen molar-refractivity contribution in [1.82, 2.24) is 9.88 Å². The topological polar surface area (TPSA) is 36.4 Å². The molecule has 1 heterocycles. The minimum absolute atomic E-state index is 0.125. The number of halogens is 3. The molecule has 8 heteroatoms. The fourth-order valence-electron chi connectivity index (χ4n) is 1.84. The fraction of sp³-hybridized carbons (Fsp3) is 0.692. The van der Waals surface area contributed by atoms with Gasteiger partial charge in [0, 0.05) is 32.4 Å². The van der Waals surface area contributed by atoms with E-state index in [-0.39, 0.29) is 18.4 Å². The van der Waals surface area contributed by atoms with Crippen LogP contribution in [0.15, 0.2) is 5.38 Å². The highest BCUT2D eigenvalue weighted by Crippen LogP contribution is 2.23. The number of anilines is 1. The average Bonchev–Trinajstić information content (AvgIpc) is 2.72. The molecule has 0 saturated heterocycles. The summed E-state index contributed by atoms with van der Waals surface area (Å²) in [7, 11) is 1.59. The molecule has 0 fully saturated rings. The van der Waals surface area contributed by atoms with Crippen LogP contribution in [-0.2, 0) is 11.3 Å². The molecule has 1 aromatic heterocycles. The molecule has 0 unspecified atom stereocenters. The predicted octanol–water partition coefficient (Wildman–Crippen LogP) is 3.15. The number of hydrogen-bond donors (Lipinski definition) is 0. The number of carbonyl (C=O) groups excluding carboxylic acids is 1. The summed E-state index contributed by atoms with van der Waals surface area (Å²) in [6.07, 6.45) is -4.23. The van der Waals surface area contributed by atoms with E-state index in [1.54, 1.807) is 12.4 Å². The first-order chi connectivity index (χ1) is 9.58. The zero-order valence-electron chi connectivity index (χ0n) is 12.6. The quantitative estimate of drug-likeness (QED) is 0.807. The standard InChI is InChI=1S/C13H20F3N3OS/c1-9(2)5-19(8-13(14,15)16)6-11-7-21-12(17-11)18(4)10(3)20/h7,9H,5-6,8H2,1-4H3. The van der Waals surface area contributed by atoms with Crippen molar-refractivity contribution in [3.63, 3.8) is 0 Å². The van der Waals surface area contributed by atoms with Crippen molar-refractivity contribution in [2.24, 2.45) is 5.92 Å². The van der Waals surface area contributed by atoms with Gasteiger partial charge in [-0.2, -0.15) is 13.2 Å². The van der Waals surface area contributed by atoms with Gasteiger partial charge in [-0.15, -0.1) is 11.3 Å². The van der Waals surface area contributed by atoms with Crippen molar-refractivity contribution < 1.29 is 18.0 Å². The highest BCUT2D eigenvalue weighted by Gasteiger charge is 2.31. The Kier molecular flexibility index (Phi) is 6.15. The van der Waals surface area contributed by atoms with Crippen molar-refractivity contribution in [2.45, 2.75) is 33.5 Å². The van der Waals surface area contributed by atoms with Crippen molar-refractivity contribution in [3.05, 3.63) is 11.1 Å². The molecule has 0 aliphatic carbocycles. The summed E-state index contributed by atoms with van der Waals surface area (Å²) in [6, 6.07) is 0. The molecule has 120 valence electrons. The van der Waals surface area contributed by atoms with E-state index in [0.717, 1.165) is 0 Å². The van der Waals surface area contributed by atoms with Crippen LogP contribution in [-0.4, -0.2) is 42.1 Å². The molecule has 0 aliphatic rings. The zero-order chi connectivity index (χ0) is 16.2. The summed E-state index contributed by atoms with van der Waals surface area (Å²) in [5.41, 5.74) is 0.549. The van der Waals surface area contributed by atoms with Gasteiger partial charge in [-0.3, -0.25) is 14.6 Å². The van der Waals surface area contributed by atoms with Crippen molar-refractivity contribution in [1.29, 1.82) is 0 Å². The first-order valence-electron chi connectivity index (χ1n) is 6.56. The Labute approximate surface area is 126 Å². The summed E-state index contributed by atoms with van der Waals surface area (Å²) in [6.45, 7) is 4.67. The number of hydrogen-bond acceptors (Lipinski definition) is 4. The summed E-state index contributed by atoms with van der Waals surface area (Å²) in [5, 5.41) is 2.19. The molecule has 0 spiro atoms. The van der Waals surface area contributed by atoms with Gasteiger partial charge in [0.05, 0.1) is 12.2 Å². The Morgan fingerprint density at radius 2 is 2.05 bits per heavy atom. The van der Waals surface area contributed by atoms with Crippen LogP contribution in [0.3, 0.4) is 0 Å². The molecule has 1 aromatic rings. The van der Waals surface area contributed by atoms with Crippen LogP contribution in [0.2, 0.25) is 0 Å². The molecule has 1 rings (SSSR count). The van der Waals surface area contributed by atoms with E-state index < -0.39 is 12.7 Å². The summed E-state index contributed by atoms with van der Waals surface area (Å²) >= 11 is 1.25. The second-order valence-electron chi connectivity index (χ2n) is 5.38. The summed E-state index contributed by atoms with van der Waals surface area (Å²) in [5.74, 6) is -0.0319. The van der Waals surface area contributed by atoms with Crippen LogP contribution < -0.4 is 4.90 Å². The van der Waals surface area contributed by atoms with E-state index in [2.05, 4.69) is 4.98 Å². The number of rotatable bonds is 6. The van der Waals surface area contributed by atoms with E-state index in [4.69, 9.17) is 0 Å².